The molecule has 0 bridgehead atoms. The van der Waals surface area contributed by atoms with Crippen LogP contribution in [0.2, 0.25) is 0 Å². The predicted octanol–water partition coefficient (Wildman–Crippen LogP) is 2.46. The molecule has 78 valence electrons. The summed E-state index contributed by atoms with van der Waals surface area (Å²) in [5.74, 6) is -4.37. The molecule has 1 rings (SSSR count). The number of halogens is 4. The average molecular weight is 207 g/mol. The molecular weight excluding hydrogens is 198 g/mol. The van der Waals surface area contributed by atoms with Crippen LogP contribution in [0.3, 0.4) is 0 Å². The van der Waals surface area contributed by atoms with E-state index in [0.29, 0.717) is 12.1 Å². The van der Waals surface area contributed by atoms with E-state index in [0.717, 1.165) is 0 Å². The highest BCUT2D eigenvalue weighted by Crippen LogP contribution is 2.24. The minimum absolute atomic E-state index is 0.0511. The van der Waals surface area contributed by atoms with Gasteiger partial charge in [0.05, 0.1) is 0 Å². The fraction of sp³-hybridized carbons (Fsp3) is 0.333. The fourth-order valence-electron chi connectivity index (χ4n) is 1.07. The third-order valence-electron chi connectivity index (χ3n) is 1.79. The molecule has 1 atom stereocenters. The molecular formula is C9H9F4N. The molecule has 1 unspecified atom stereocenters. The van der Waals surface area contributed by atoms with Crippen LogP contribution in [0.4, 0.5) is 17.6 Å². The van der Waals surface area contributed by atoms with Crippen molar-refractivity contribution in [2.24, 2.45) is 5.73 Å². The first-order chi connectivity index (χ1) is 6.56. The molecule has 0 amide bonds. The van der Waals surface area contributed by atoms with Crippen molar-refractivity contribution in [3.8, 4) is 0 Å². The molecule has 1 aromatic carbocycles. The lowest BCUT2D eigenvalue weighted by molar-refractivity contribution is 0.323. The van der Waals surface area contributed by atoms with Crippen LogP contribution in [0, 0.1) is 17.5 Å². The lowest BCUT2D eigenvalue weighted by Crippen LogP contribution is -2.05. The summed E-state index contributed by atoms with van der Waals surface area (Å²) in [6.07, 6.45) is -1.62. The highest BCUT2D eigenvalue weighted by Gasteiger charge is 2.15. The number of benzene rings is 1. The van der Waals surface area contributed by atoms with Crippen molar-refractivity contribution in [3.05, 3.63) is 35.1 Å². The third-order valence-corrected chi connectivity index (χ3v) is 1.79. The molecule has 0 heterocycles. The second kappa shape index (κ2) is 4.41. The minimum atomic E-state index is -1.59. The summed E-state index contributed by atoms with van der Waals surface area (Å²) in [6.45, 7) is 0.0573. The maximum atomic E-state index is 13.1. The van der Waals surface area contributed by atoms with Crippen molar-refractivity contribution in [1.82, 2.24) is 0 Å². The van der Waals surface area contributed by atoms with E-state index >= 15 is 0 Å². The van der Waals surface area contributed by atoms with E-state index in [1.165, 1.54) is 0 Å². The van der Waals surface area contributed by atoms with E-state index in [1.54, 1.807) is 0 Å². The monoisotopic (exact) mass is 207 g/mol. The lowest BCUT2D eigenvalue weighted by Gasteiger charge is -2.07. The quantitative estimate of drug-likeness (QED) is 0.598. The van der Waals surface area contributed by atoms with Gasteiger partial charge >= 0.3 is 0 Å². The molecule has 1 nitrogen and oxygen atoms in total. The van der Waals surface area contributed by atoms with E-state index in [-0.39, 0.29) is 18.5 Å². The lowest BCUT2D eigenvalue weighted by atomic mass is 10.1. The molecule has 2 N–H and O–H groups in total. The summed E-state index contributed by atoms with van der Waals surface area (Å²) in [5.41, 5.74) is 4.84. The van der Waals surface area contributed by atoms with Crippen molar-refractivity contribution in [2.45, 2.75) is 12.6 Å². The fourth-order valence-corrected chi connectivity index (χ4v) is 1.07. The molecule has 0 aliphatic rings. The normalized spacial score (nSPS) is 12.9. The second-order valence-electron chi connectivity index (χ2n) is 2.84. The van der Waals surface area contributed by atoms with E-state index in [4.69, 9.17) is 5.73 Å². The molecule has 0 saturated heterocycles. The molecule has 0 aliphatic heterocycles. The van der Waals surface area contributed by atoms with Crippen molar-refractivity contribution < 1.29 is 17.6 Å². The van der Waals surface area contributed by atoms with Crippen LogP contribution in [0.15, 0.2) is 12.1 Å². The number of hydrogen-bond donors (Lipinski definition) is 1. The average Bonchev–Trinajstić information content (AvgIpc) is 2.13. The summed E-state index contributed by atoms with van der Waals surface area (Å²) in [6, 6.07) is 1.28. The Bertz CT molecular complexity index is 304. The summed E-state index contributed by atoms with van der Waals surface area (Å²) >= 11 is 0. The summed E-state index contributed by atoms with van der Waals surface area (Å²) in [5, 5.41) is 0. The van der Waals surface area contributed by atoms with Crippen molar-refractivity contribution in [1.29, 1.82) is 0 Å². The van der Waals surface area contributed by atoms with Gasteiger partial charge in [-0.05, 0) is 30.7 Å². The Balaban J connectivity index is 3.00. The summed E-state index contributed by atoms with van der Waals surface area (Å²) < 4.78 is 50.8. The zero-order valence-corrected chi connectivity index (χ0v) is 7.24. The van der Waals surface area contributed by atoms with Crippen LogP contribution in [-0.2, 0) is 0 Å². The van der Waals surface area contributed by atoms with Gasteiger partial charge in [-0.2, -0.15) is 0 Å². The summed E-state index contributed by atoms with van der Waals surface area (Å²) in [7, 11) is 0. The highest BCUT2D eigenvalue weighted by molar-refractivity contribution is 5.21. The first-order valence-electron chi connectivity index (χ1n) is 4.05. The van der Waals surface area contributed by atoms with Crippen molar-refractivity contribution >= 4 is 0 Å². The van der Waals surface area contributed by atoms with Crippen LogP contribution in [0.1, 0.15) is 18.2 Å². The standard InChI is InChI=1S/C9H9F4N/c10-6(1-2-14)5-3-7(11)9(13)8(12)4-5/h3-4,6H,1-2,14H2. The first kappa shape index (κ1) is 11.0. The Morgan fingerprint density at radius 3 is 2.07 bits per heavy atom. The van der Waals surface area contributed by atoms with Crippen LogP contribution < -0.4 is 5.73 Å². The van der Waals surface area contributed by atoms with Crippen LogP contribution in [0.25, 0.3) is 0 Å². The zero-order chi connectivity index (χ0) is 10.7. The van der Waals surface area contributed by atoms with Crippen LogP contribution >= 0.6 is 0 Å². The van der Waals surface area contributed by atoms with E-state index in [1.807, 2.05) is 0 Å². The van der Waals surface area contributed by atoms with Gasteiger partial charge in [0, 0.05) is 0 Å². The number of rotatable bonds is 3. The topological polar surface area (TPSA) is 26.0 Å². The minimum Gasteiger partial charge on any atom is -0.330 e. The predicted molar refractivity (Wildman–Crippen MR) is 43.8 cm³/mol. The number of alkyl halides is 1. The molecule has 0 saturated carbocycles. The van der Waals surface area contributed by atoms with E-state index < -0.39 is 23.6 Å². The smallest absolute Gasteiger partial charge is 0.194 e. The third kappa shape index (κ3) is 2.23. The van der Waals surface area contributed by atoms with Crippen LogP contribution in [0.5, 0.6) is 0 Å². The summed E-state index contributed by atoms with van der Waals surface area (Å²) in [4.78, 5) is 0. The van der Waals surface area contributed by atoms with Gasteiger partial charge in [-0.25, -0.2) is 17.6 Å². The van der Waals surface area contributed by atoms with Crippen LogP contribution in [-0.4, -0.2) is 6.54 Å². The Kier molecular flexibility index (Phi) is 3.46. The van der Waals surface area contributed by atoms with Gasteiger partial charge in [0.15, 0.2) is 17.5 Å². The molecule has 0 radical (unpaired) electrons. The van der Waals surface area contributed by atoms with Crippen molar-refractivity contribution in [3.63, 3.8) is 0 Å². The Labute approximate surface area is 78.5 Å². The van der Waals surface area contributed by atoms with Gasteiger partial charge in [-0.3, -0.25) is 0 Å². The molecule has 1 aromatic rings. The van der Waals surface area contributed by atoms with E-state index in [2.05, 4.69) is 0 Å². The molecule has 0 fully saturated rings. The highest BCUT2D eigenvalue weighted by atomic mass is 19.2. The Morgan fingerprint density at radius 1 is 1.14 bits per heavy atom. The Morgan fingerprint density at radius 2 is 1.64 bits per heavy atom. The number of hydrogen-bond acceptors (Lipinski definition) is 1. The largest absolute Gasteiger partial charge is 0.330 e. The van der Waals surface area contributed by atoms with Gasteiger partial charge in [0.25, 0.3) is 0 Å². The molecule has 0 aromatic heterocycles. The molecule has 5 heteroatoms. The molecule has 14 heavy (non-hydrogen) atoms. The van der Waals surface area contributed by atoms with Gasteiger partial charge in [0.1, 0.15) is 6.17 Å². The first-order valence-corrected chi connectivity index (χ1v) is 4.05. The van der Waals surface area contributed by atoms with Gasteiger partial charge < -0.3 is 5.73 Å². The molecule has 0 aliphatic carbocycles. The Hall–Kier alpha value is -1.10. The maximum Gasteiger partial charge on any atom is 0.194 e. The van der Waals surface area contributed by atoms with Gasteiger partial charge in [-0.15, -0.1) is 0 Å². The number of nitrogens with two attached hydrogens (primary N) is 1. The zero-order valence-electron chi connectivity index (χ0n) is 7.24. The van der Waals surface area contributed by atoms with E-state index in [9.17, 15) is 17.6 Å². The SMILES string of the molecule is NCCC(F)c1cc(F)c(F)c(F)c1. The van der Waals surface area contributed by atoms with Gasteiger partial charge in [0.2, 0.25) is 0 Å². The second-order valence-corrected chi connectivity index (χ2v) is 2.84. The molecule has 0 spiro atoms. The van der Waals surface area contributed by atoms with Gasteiger partial charge in [-0.1, -0.05) is 0 Å². The maximum absolute atomic E-state index is 13.1. The van der Waals surface area contributed by atoms with Crippen molar-refractivity contribution in [2.75, 3.05) is 6.54 Å².